The van der Waals surface area contributed by atoms with Crippen LogP contribution in [0.4, 0.5) is 8.78 Å². The third-order valence-corrected chi connectivity index (χ3v) is 3.30. The van der Waals surface area contributed by atoms with Crippen LogP contribution in [0.15, 0.2) is 59.1 Å². The second-order valence-electron chi connectivity index (χ2n) is 4.80. The SMILES string of the molecule is Cc1ccc(-c2noc(C(F)F)c2-c2ccccc2)cc1. The van der Waals surface area contributed by atoms with Gasteiger partial charge >= 0.3 is 0 Å². The average molecular weight is 285 g/mol. The molecule has 2 aromatic carbocycles. The molecule has 0 aliphatic rings. The molecule has 4 heteroatoms. The fourth-order valence-corrected chi connectivity index (χ4v) is 2.24. The van der Waals surface area contributed by atoms with Crippen molar-refractivity contribution in [2.45, 2.75) is 13.3 Å². The lowest BCUT2D eigenvalue weighted by Gasteiger charge is -2.04. The van der Waals surface area contributed by atoms with Crippen LogP contribution in [0.5, 0.6) is 0 Å². The van der Waals surface area contributed by atoms with E-state index in [2.05, 4.69) is 5.16 Å². The molecule has 0 radical (unpaired) electrons. The molecular weight excluding hydrogens is 272 g/mol. The summed E-state index contributed by atoms with van der Waals surface area (Å²) < 4.78 is 31.2. The van der Waals surface area contributed by atoms with Gasteiger partial charge in [-0.15, -0.1) is 0 Å². The van der Waals surface area contributed by atoms with E-state index in [-0.39, 0.29) is 0 Å². The Bertz CT molecular complexity index is 733. The summed E-state index contributed by atoms with van der Waals surface area (Å²) in [5, 5.41) is 3.86. The molecule has 21 heavy (non-hydrogen) atoms. The quantitative estimate of drug-likeness (QED) is 0.656. The number of halogens is 2. The van der Waals surface area contributed by atoms with Gasteiger partial charge in [0.25, 0.3) is 6.43 Å². The van der Waals surface area contributed by atoms with Gasteiger partial charge in [-0.05, 0) is 12.5 Å². The molecule has 0 N–H and O–H groups in total. The molecule has 0 aliphatic carbocycles. The summed E-state index contributed by atoms with van der Waals surface area (Å²) >= 11 is 0. The Hall–Kier alpha value is -2.49. The van der Waals surface area contributed by atoms with Crippen molar-refractivity contribution < 1.29 is 13.3 Å². The number of benzene rings is 2. The molecule has 1 aromatic heterocycles. The van der Waals surface area contributed by atoms with Crippen molar-refractivity contribution in [2.75, 3.05) is 0 Å². The fourth-order valence-electron chi connectivity index (χ4n) is 2.24. The Balaban J connectivity index is 2.20. The van der Waals surface area contributed by atoms with Gasteiger partial charge in [0.2, 0.25) is 5.76 Å². The second kappa shape index (κ2) is 5.48. The highest BCUT2D eigenvalue weighted by Gasteiger charge is 2.25. The predicted octanol–water partition coefficient (Wildman–Crippen LogP) is 5.25. The first-order valence-electron chi connectivity index (χ1n) is 6.57. The minimum absolute atomic E-state index is 0.356. The zero-order valence-electron chi connectivity index (χ0n) is 11.4. The number of aryl methyl sites for hydroxylation is 1. The van der Waals surface area contributed by atoms with E-state index in [1.807, 2.05) is 37.3 Å². The van der Waals surface area contributed by atoms with Gasteiger partial charge in [-0.3, -0.25) is 0 Å². The summed E-state index contributed by atoms with van der Waals surface area (Å²) in [5.41, 5.74) is 3.32. The van der Waals surface area contributed by atoms with Gasteiger partial charge < -0.3 is 4.52 Å². The molecule has 0 fully saturated rings. The molecule has 106 valence electrons. The van der Waals surface area contributed by atoms with E-state index in [0.717, 1.165) is 11.1 Å². The van der Waals surface area contributed by atoms with Gasteiger partial charge in [-0.25, -0.2) is 8.78 Å². The van der Waals surface area contributed by atoms with Crippen molar-refractivity contribution in [3.8, 4) is 22.4 Å². The summed E-state index contributed by atoms with van der Waals surface area (Å²) in [6.45, 7) is 1.97. The van der Waals surface area contributed by atoms with Crippen LogP contribution >= 0.6 is 0 Å². The molecule has 3 rings (SSSR count). The maximum absolute atomic E-state index is 13.2. The third-order valence-electron chi connectivity index (χ3n) is 3.30. The van der Waals surface area contributed by atoms with E-state index in [0.29, 0.717) is 16.8 Å². The molecular formula is C17H13F2NO. The third kappa shape index (κ3) is 2.57. The van der Waals surface area contributed by atoms with Crippen LogP contribution < -0.4 is 0 Å². The first-order chi connectivity index (χ1) is 10.2. The van der Waals surface area contributed by atoms with Gasteiger partial charge in [0.1, 0.15) is 5.69 Å². The largest absolute Gasteiger partial charge is 0.354 e. The number of alkyl halides is 2. The lowest BCUT2D eigenvalue weighted by atomic mass is 9.99. The lowest BCUT2D eigenvalue weighted by molar-refractivity contribution is 0.113. The Labute approximate surface area is 121 Å². The van der Waals surface area contributed by atoms with Crippen molar-refractivity contribution in [1.82, 2.24) is 5.16 Å². The van der Waals surface area contributed by atoms with E-state index >= 15 is 0 Å². The van der Waals surface area contributed by atoms with Crippen molar-refractivity contribution in [2.24, 2.45) is 0 Å². The van der Waals surface area contributed by atoms with Gasteiger partial charge in [0.05, 0.1) is 5.56 Å². The second-order valence-corrected chi connectivity index (χ2v) is 4.80. The number of aromatic nitrogens is 1. The molecule has 0 spiro atoms. The van der Waals surface area contributed by atoms with Gasteiger partial charge in [-0.1, -0.05) is 65.3 Å². The van der Waals surface area contributed by atoms with Crippen LogP contribution in [0.2, 0.25) is 0 Å². The Morgan fingerprint density at radius 3 is 2.19 bits per heavy atom. The molecule has 0 unspecified atom stereocenters. The van der Waals surface area contributed by atoms with E-state index in [1.165, 1.54) is 0 Å². The van der Waals surface area contributed by atoms with Crippen LogP contribution in [0.1, 0.15) is 17.7 Å². The standard InChI is InChI=1S/C17H13F2NO/c1-11-7-9-13(10-8-11)15-14(12-5-3-2-4-6-12)16(17(18)19)21-20-15/h2-10,17H,1H3. The molecule has 0 aliphatic heterocycles. The Morgan fingerprint density at radius 1 is 0.905 bits per heavy atom. The van der Waals surface area contributed by atoms with E-state index in [9.17, 15) is 8.78 Å². The van der Waals surface area contributed by atoms with Gasteiger partial charge in [0, 0.05) is 5.56 Å². The Morgan fingerprint density at radius 2 is 1.57 bits per heavy atom. The first-order valence-corrected chi connectivity index (χ1v) is 6.57. The summed E-state index contributed by atoms with van der Waals surface area (Å²) in [6.07, 6.45) is -2.70. The molecule has 0 atom stereocenters. The van der Waals surface area contributed by atoms with Crippen LogP contribution in [0.3, 0.4) is 0 Å². The highest BCUT2D eigenvalue weighted by molar-refractivity contribution is 5.82. The van der Waals surface area contributed by atoms with Crippen molar-refractivity contribution in [3.05, 3.63) is 65.9 Å². The smallest absolute Gasteiger partial charge is 0.298 e. The number of nitrogens with zero attached hydrogens (tertiary/aromatic N) is 1. The zero-order valence-corrected chi connectivity index (χ0v) is 11.4. The van der Waals surface area contributed by atoms with Gasteiger partial charge in [-0.2, -0.15) is 0 Å². The maximum atomic E-state index is 13.2. The van der Waals surface area contributed by atoms with Crippen molar-refractivity contribution in [1.29, 1.82) is 0 Å². The van der Waals surface area contributed by atoms with Crippen LogP contribution in [-0.4, -0.2) is 5.16 Å². The summed E-state index contributed by atoms with van der Waals surface area (Å²) in [4.78, 5) is 0. The molecule has 3 aromatic rings. The minimum atomic E-state index is -2.70. The maximum Gasteiger partial charge on any atom is 0.298 e. The Kier molecular flexibility index (Phi) is 3.52. The fraction of sp³-hybridized carbons (Fsp3) is 0.118. The lowest BCUT2D eigenvalue weighted by Crippen LogP contribution is -1.88. The molecule has 0 bridgehead atoms. The average Bonchev–Trinajstić information content (AvgIpc) is 2.94. The van der Waals surface area contributed by atoms with Crippen molar-refractivity contribution in [3.63, 3.8) is 0 Å². The first kappa shape index (κ1) is 13.5. The van der Waals surface area contributed by atoms with Crippen LogP contribution in [0.25, 0.3) is 22.4 Å². The summed E-state index contributed by atoms with van der Waals surface area (Å²) in [7, 11) is 0. The normalized spacial score (nSPS) is 11.0. The minimum Gasteiger partial charge on any atom is -0.354 e. The monoisotopic (exact) mass is 285 g/mol. The molecule has 1 heterocycles. The molecule has 2 nitrogen and oxygen atoms in total. The number of hydrogen-bond acceptors (Lipinski definition) is 2. The van der Waals surface area contributed by atoms with Crippen LogP contribution in [0, 0.1) is 6.92 Å². The van der Waals surface area contributed by atoms with E-state index < -0.39 is 12.2 Å². The van der Waals surface area contributed by atoms with Crippen molar-refractivity contribution >= 4 is 0 Å². The van der Waals surface area contributed by atoms with E-state index in [1.54, 1.807) is 24.3 Å². The van der Waals surface area contributed by atoms with E-state index in [4.69, 9.17) is 4.52 Å². The number of hydrogen-bond donors (Lipinski definition) is 0. The predicted molar refractivity (Wildman–Crippen MR) is 77.1 cm³/mol. The zero-order chi connectivity index (χ0) is 14.8. The molecule has 0 saturated carbocycles. The molecule has 0 amide bonds. The van der Waals surface area contributed by atoms with Crippen LogP contribution in [-0.2, 0) is 0 Å². The number of rotatable bonds is 3. The summed E-state index contributed by atoms with van der Waals surface area (Å²) in [6, 6.07) is 16.5. The van der Waals surface area contributed by atoms with Gasteiger partial charge in [0.15, 0.2) is 0 Å². The summed E-state index contributed by atoms with van der Waals surface area (Å²) in [5.74, 6) is -0.392. The molecule has 0 saturated heterocycles. The highest BCUT2D eigenvalue weighted by Crippen LogP contribution is 2.38. The topological polar surface area (TPSA) is 26.0 Å². The highest BCUT2D eigenvalue weighted by atomic mass is 19.3.